The third kappa shape index (κ3) is 4.14. The molecular formula is C24H22N2O3S. The van der Waals surface area contributed by atoms with E-state index in [0.717, 1.165) is 21.7 Å². The minimum absolute atomic E-state index is 0.284. The average Bonchev–Trinajstić information content (AvgIpc) is 3.13. The summed E-state index contributed by atoms with van der Waals surface area (Å²) in [4.78, 5) is 17.9. The second-order valence-corrected chi connectivity index (χ2v) is 7.53. The Bertz CT molecular complexity index is 1230. The summed E-state index contributed by atoms with van der Waals surface area (Å²) < 4.78 is 14.6. The lowest BCUT2D eigenvalue weighted by Crippen LogP contribution is -2.16. The van der Waals surface area contributed by atoms with E-state index in [9.17, 15) is 4.79 Å². The van der Waals surface area contributed by atoms with Crippen molar-refractivity contribution in [3.05, 3.63) is 83.2 Å². The molecule has 0 aliphatic carbocycles. The maximum absolute atomic E-state index is 12.8. The Kier molecular flexibility index (Phi) is 5.95. The number of carbonyl (C=O) groups excluding carboxylic acids is 1. The Morgan fingerprint density at radius 3 is 2.37 bits per heavy atom. The van der Waals surface area contributed by atoms with Gasteiger partial charge in [0.15, 0.2) is 4.80 Å². The van der Waals surface area contributed by atoms with Crippen LogP contribution < -0.4 is 14.3 Å². The zero-order valence-corrected chi connectivity index (χ0v) is 17.7. The lowest BCUT2D eigenvalue weighted by atomic mass is 10.2. The molecule has 0 bridgehead atoms. The van der Waals surface area contributed by atoms with Crippen LogP contribution in [0.15, 0.2) is 77.8 Å². The summed E-state index contributed by atoms with van der Waals surface area (Å²) in [6, 6.07) is 22.5. The molecule has 4 aromatic rings. The molecule has 0 N–H and O–H groups in total. The molecule has 1 aromatic heterocycles. The Hall–Kier alpha value is -3.38. The van der Waals surface area contributed by atoms with Crippen LogP contribution in [0, 0.1) is 0 Å². The Balaban J connectivity index is 1.64. The minimum Gasteiger partial charge on any atom is -0.492 e. The summed E-state index contributed by atoms with van der Waals surface area (Å²) in [6.07, 6.45) is 0. The number of aryl methyl sites for hydroxylation is 1. The van der Waals surface area contributed by atoms with E-state index in [1.807, 2.05) is 66.9 Å². The van der Waals surface area contributed by atoms with Crippen molar-refractivity contribution in [3.63, 3.8) is 0 Å². The molecule has 0 saturated carbocycles. The van der Waals surface area contributed by atoms with Crippen LogP contribution in [0.25, 0.3) is 10.2 Å². The summed E-state index contributed by atoms with van der Waals surface area (Å²) in [7, 11) is 0. The van der Waals surface area contributed by atoms with Crippen LogP contribution in [-0.4, -0.2) is 17.1 Å². The quantitative estimate of drug-likeness (QED) is 0.406. The van der Waals surface area contributed by atoms with Crippen LogP contribution in [0.3, 0.4) is 0 Å². The third-order valence-electron chi connectivity index (χ3n) is 4.56. The van der Waals surface area contributed by atoms with E-state index < -0.39 is 0 Å². The van der Waals surface area contributed by atoms with Gasteiger partial charge in [-0.3, -0.25) is 4.79 Å². The van der Waals surface area contributed by atoms with Crippen molar-refractivity contribution in [2.75, 3.05) is 6.61 Å². The fraction of sp³-hybridized carbons (Fsp3) is 0.167. The van der Waals surface area contributed by atoms with E-state index in [0.29, 0.717) is 29.3 Å². The fourth-order valence-corrected chi connectivity index (χ4v) is 4.30. The molecule has 0 atom stereocenters. The third-order valence-corrected chi connectivity index (χ3v) is 5.60. The second kappa shape index (κ2) is 8.97. The number of fused-ring (bicyclic) bond motifs is 1. The maximum Gasteiger partial charge on any atom is 0.279 e. The number of benzene rings is 3. The van der Waals surface area contributed by atoms with Crippen LogP contribution in [0.2, 0.25) is 0 Å². The molecule has 5 nitrogen and oxygen atoms in total. The Labute approximate surface area is 178 Å². The number of aromatic nitrogens is 1. The van der Waals surface area contributed by atoms with Gasteiger partial charge in [-0.1, -0.05) is 35.6 Å². The number of thiazole rings is 1. The number of carbonyl (C=O) groups is 1. The van der Waals surface area contributed by atoms with Crippen LogP contribution >= 0.6 is 11.3 Å². The van der Waals surface area contributed by atoms with E-state index in [1.165, 1.54) is 11.3 Å². The number of hydrogen-bond acceptors (Lipinski definition) is 4. The van der Waals surface area contributed by atoms with Gasteiger partial charge in [0.05, 0.1) is 11.3 Å². The van der Waals surface area contributed by atoms with Gasteiger partial charge in [-0.05, 0) is 62.4 Å². The topological polar surface area (TPSA) is 52.8 Å². The van der Waals surface area contributed by atoms with Crippen molar-refractivity contribution >= 4 is 27.5 Å². The largest absolute Gasteiger partial charge is 0.492 e. The predicted octanol–water partition coefficient (Wildman–Crippen LogP) is 5.65. The molecule has 0 spiro atoms. The molecule has 152 valence electrons. The first-order chi connectivity index (χ1) is 14.7. The zero-order chi connectivity index (χ0) is 20.9. The molecule has 1 amide bonds. The molecular weight excluding hydrogens is 396 g/mol. The van der Waals surface area contributed by atoms with Crippen molar-refractivity contribution in [2.45, 2.75) is 20.4 Å². The van der Waals surface area contributed by atoms with E-state index in [1.54, 1.807) is 24.3 Å². The molecule has 6 heteroatoms. The Morgan fingerprint density at radius 1 is 0.933 bits per heavy atom. The molecule has 4 rings (SSSR count). The molecule has 30 heavy (non-hydrogen) atoms. The smallest absolute Gasteiger partial charge is 0.279 e. The highest BCUT2D eigenvalue weighted by Gasteiger charge is 2.12. The van der Waals surface area contributed by atoms with Crippen molar-refractivity contribution in [2.24, 2.45) is 4.99 Å². The number of nitrogens with zero attached hydrogens (tertiary/aromatic N) is 2. The van der Waals surface area contributed by atoms with Gasteiger partial charge in [0, 0.05) is 12.1 Å². The normalized spacial score (nSPS) is 11.6. The van der Waals surface area contributed by atoms with E-state index >= 15 is 0 Å². The lowest BCUT2D eigenvalue weighted by Gasteiger charge is -2.07. The van der Waals surface area contributed by atoms with Gasteiger partial charge in [0.1, 0.15) is 22.8 Å². The predicted molar refractivity (Wildman–Crippen MR) is 120 cm³/mol. The summed E-state index contributed by atoms with van der Waals surface area (Å²) >= 11 is 1.49. The van der Waals surface area contributed by atoms with Crippen LogP contribution in [0.5, 0.6) is 17.2 Å². The summed E-state index contributed by atoms with van der Waals surface area (Å²) in [6.45, 7) is 5.27. The summed E-state index contributed by atoms with van der Waals surface area (Å²) in [5, 5.41) is 0. The second-order valence-electron chi connectivity index (χ2n) is 6.52. The van der Waals surface area contributed by atoms with Crippen molar-refractivity contribution in [1.29, 1.82) is 0 Å². The standard InChI is InChI=1S/C24H22N2O3S/c1-3-26-22-20(28-4-2)11-8-12-21(22)30-24(26)25-23(27)17-13-15-19(16-14-17)29-18-9-6-5-7-10-18/h5-16H,3-4H2,1-2H3. The van der Waals surface area contributed by atoms with Gasteiger partial charge in [0.2, 0.25) is 0 Å². The highest BCUT2D eigenvalue weighted by molar-refractivity contribution is 7.16. The van der Waals surface area contributed by atoms with Crippen LogP contribution in [0.1, 0.15) is 24.2 Å². The zero-order valence-electron chi connectivity index (χ0n) is 16.9. The molecule has 0 fully saturated rings. The Morgan fingerprint density at radius 2 is 1.67 bits per heavy atom. The van der Waals surface area contributed by atoms with E-state index in [-0.39, 0.29) is 5.91 Å². The maximum atomic E-state index is 12.8. The molecule has 3 aromatic carbocycles. The van der Waals surface area contributed by atoms with Gasteiger partial charge >= 0.3 is 0 Å². The van der Waals surface area contributed by atoms with Gasteiger partial charge in [-0.25, -0.2) is 0 Å². The lowest BCUT2D eigenvalue weighted by molar-refractivity contribution is 0.0998. The van der Waals surface area contributed by atoms with Gasteiger partial charge in [-0.2, -0.15) is 4.99 Å². The van der Waals surface area contributed by atoms with Gasteiger partial charge in [-0.15, -0.1) is 0 Å². The first kappa shape index (κ1) is 19.9. The highest BCUT2D eigenvalue weighted by Crippen LogP contribution is 2.27. The van der Waals surface area contributed by atoms with E-state index in [2.05, 4.69) is 4.99 Å². The SMILES string of the molecule is CCOc1cccc2sc(=NC(=O)c3ccc(Oc4ccccc4)cc3)n(CC)c12. The number of rotatable bonds is 6. The average molecular weight is 419 g/mol. The molecule has 0 saturated heterocycles. The first-order valence-electron chi connectivity index (χ1n) is 9.86. The summed E-state index contributed by atoms with van der Waals surface area (Å²) in [5.74, 6) is 1.95. The fourth-order valence-electron chi connectivity index (χ4n) is 3.19. The van der Waals surface area contributed by atoms with Crippen molar-refractivity contribution < 1.29 is 14.3 Å². The van der Waals surface area contributed by atoms with Crippen LogP contribution in [-0.2, 0) is 6.54 Å². The van der Waals surface area contributed by atoms with Crippen molar-refractivity contribution in [3.8, 4) is 17.2 Å². The van der Waals surface area contributed by atoms with Gasteiger partial charge in [0.25, 0.3) is 5.91 Å². The molecule has 1 heterocycles. The number of amides is 1. The van der Waals surface area contributed by atoms with E-state index in [4.69, 9.17) is 9.47 Å². The first-order valence-corrected chi connectivity index (χ1v) is 10.7. The molecule has 0 unspecified atom stereocenters. The monoisotopic (exact) mass is 418 g/mol. The van der Waals surface area contributed by atoms with Crippen LogP contribution in [0.4, 0.5) is 0 Å². The summed E-state index contributed by atoms with van der Waals surface area (Å²) in [5.41, 5.74) is 1.49. The number of ether oxygens (including phenoxy) is 2. The number of para-hydroxylation sites is 2. The highest BCUT2D eigenvalue weighted by atomic mass is 32.1. The molecule has 0 aliphatic heterocycles. The molecule has 0 radical (unpaired) electrons. The van der Waals surface area contributed by atoms with Crippen molar-refractivity contribution in [1.82, 2.24) is 4.57 Å². The van der Waals surface area contributed by atoms with Gasteiger partial charge < -0.3 is 14.0 Å². The number of hydrogen-bond donors (Lipinski definition) is 0. The molecule has 0 aliphatic rings. The minimum atomic E-state index is -0.284.